The van der Waals surface area contributed by atoms with Gasteiger partial charge >= 0.3 is 0 Å². The van der Waals surface area contributed by atoms with E-state index in [0.29, 0.717) is 10.9 Å². The smallest absolute Gasteiger partial charge is 0.160 e. The molecule has 0 fully saturated rings. The van der Waals surface area contributed by atoms with Gasteiger partial charge in [0.1, 0.15) is 12.0 Å². The van der Waals surface area contributed by atoms with Crippen LogP contribution in [0, 0.1) is 13.8 Å². The number of fused-ring (bicyclic) bond motifs is 1. The van der Waals surface area contributed by atoms with Crippen molar-refractivity contribution >= 4 is 28.6 Å². The fourth-order valence-electron chi connectivity index (χ4n) is 3.76. The molecule has 0 aromatic carbocycles. The molecule has 4 aromatic rings. The summed E-state index contributed by atoms with van der Waals surface area (Å²) in [5.74, 6) is 1.22. The summed E-state index contributed by atoms with van der Waals surface area (Å²) in [4.78, 5) is 10.2. The molecule has 4 rings (SSSR count). The third-order valence-corrected chi connectivity index (χ3v) is 6.72. The predicted molar refractivity (Wildman–Crippen MR) is 114 cm³/mol. The molecular weight excluding hydrogens is 392 g/mol. The Balaban J connectivity index is 1.95. The van der Waals surface area contributed by atoms with E-state index in [1.807, 2.05) is 30.8 Å². The van der Waals surface area contributed by atoms with Gasteiger partial charge in [0.05, 0.1) is 21.3 Å². The zero-order valence-corrected chi connectivity index (χ0v) is 18.3. The number of thiophene rings is 1. The van der Waals surface area contributed by atoms with E-state index in [9.17, 15) is 0 Å². The molecular formula is C20H23ClN6S. The summed E-state index contributed by atoms with van der Waals surface area (Å²) in [6, 6.07) is 2.17. The minimum Gasteiger partial charge on any atom is -0.249 e. The van der Waals surface area contributed by atoms with E-state index in [4.69, 9.17) is 21.7 Å². The van der Waals surface area contributed by atoms with Gasteiger partial charge < -0.3 is 0 Å². The van der Waals surface area contributed by atoms with E-state index in [0.717, 1.165) is 51.8 Å². The summed E-state index contributed by atoms with van der Waals surface area (Å²) >= 11 is 8.40. The summed E-state index contributed by atoms with van der Waals surface area (Å²) in [5, 5.41) is 11.6. The molecule has 28 heavy (non-hydrogen) atoms. The molecule has 0 aliphatic rings. The van der Waals surface area contributed by atoms with Crippen LogP contribution in [-0.2, 0) is 7.05 Å². The molecule has 8 heteroatoms. The van der Waals surface area contributed by atoms with Gasteiger partial charge in [-0.3, -0.25) is 0 Å². The number of rotatable bonds is 5. The molecule has 0 unspecified atom stereocenters. The number of halogens is 1. The monoisotopic (exact) mass is 414 g/mol. The highest BCUT2D eigenvalue weighted by Gasteiger charge is 2.24. The fraction of sp³-hybridized carbons (Fsp3) is 0.400. The second-order valence-electron chi connectivity index (χ2n) is 7.04. The Bertz CT molecular complexity index is 1150. The van der Waals surface area contributed by atoms with Crippen molar-refractivity contribution in [3.05, 3.63) is 39.7 Å². The first-order valence-electron chi connectivity index (χ1n) is 9.44. The molecule has 0 saturated carbocycles. The molecule has 0 aliphatic carbocycles. The van der Waals surface area contributed by atoms with Crippen molar-refractivity contribution in [3.63, 3.8) is 0 Å². The summed E-state index contributed by atoms with van der Waals surface area (Å²) in [5.41, 5.74) is 5.93. The number of aromatic nitrogens is 6. The van der Waals surface area contributed by atoms with Crippen LogP contribution >= 0.6 is 22.9 Å². The van der Waals surface area contributed by atoms with E-state index in [2.05, 4.69) is 30.0 Å². The second-order valence-corrected chi connectivity index (χ2v) is 8.29. The predicted octanol–water partition coefficient (Wildman–Crippen LogP) is 5.43. The summed E-state index contributed by atoms with van der Waals surface area (Å²) in [6.45, 7) is 8.50. The van der Waals surface area contributed by atoms with E-state index in [1.54, 1.807) is 16.0 Å². The molecule has 0 atom stereocenters. The number of hydrogen-bond acceptors (Lipinski definition) is 5. The van der Waals surface area contributed by atoms with E-state index < -0.39 is 0 Å². The quantitative estimate of drug-likeness (QED) is 0.437. The molecule has 0 saturated heterocycles. The van der Waals surface area contributed by atoms with Crippen LogP contribution < -0.4 is 0 Å². The Morgan fingerprint density at radius 1 is 1.21 bits per heavy atom. The molecule has 4 aromatic heterocycles. The van der Waals surface area contributed by atoms with Gasteiger partial charge in [-0.1, -0.05) is 25.4 Å². The zero-order chi connectivity index (χ0) is 20.0. The Kier molecular flexibility index (Phi) is 4.97. The highest BCUT2D eigenvalue weighted by atomic mass is 35.5. The third kappa shape index (κ3) is 2.93. The van der Waals surface area contributed by atoms with Gasteiger partial charge in [-0.15, -0.1) is 11.3 Å². The molecule has 0 radical (unpaired) electrons. The molecule has 0 bridgehead atoms. The zero-order valence-electron chi connectivity index (χ0n) is 16.7. The average Bonchev–Trinajstić information content (AvgIpc) is 3.33. The lowest BCUT2D eigenvalue weighted by molar-refractivity contribution is 0.638. The van der Waals surface area contributed by atoms with Crippen LogP contribution in [0.15, 0.2) is 17.8 Å². The summed E-state index contributed by atoms with van der Waals surface area (Å²) < 4.78 is 3.70. The van der Waals surface area contributed by atoms with Crippen LogP contribution in [0.1, 0.15) is 49.6 Å². The molecule has 4 heterocycles. The van der Waals surface area contributed by atoms with Crippen molar-refractivity contribution in [1.29, 1.82) is 0 Å². The van der Waals surface area contributed by atoms with Gasteiger partial charge in [0.15, 0.2) is 11.5 Å². The minimum atomic E-state index is 0.465. The largest absolute Gasteiger partial charge is 0.249 e. The molecule has 6 nitrogen and oxygen atoms in total. The van der Waals surface area contributed by atoms with Crippen molar-refractivity contribution in [2.24, 2.45) is 7.05 Å². The first kappa shape index (κ1) is 19.1. The topological polar surface area (TPSA) is 60.9 Å². The maximum atomic E-state index is 6.81. The average molecular weight is 415 g/mol. The molecule has 0 aliphatic heterocycles. The fourth-order valence-corrected chi connectivity index (χ4v) is 5.21. The lowest BCUT2D eigenvalue weighted by atomic mass is 9.95. The van der Waals surface area contributed by atoms with E-state index in [-0.39, 0.29) is 0 Å². The van der Waals surface area contributed by atoms with Crippen LogP contribution in [0.2, 0.25) is 5.02 Å². The molecule has 0 spiro atoms. The number of imidazole rings is 1. The Morgan fingerprint density at radius 2 is 1.96 bits per heavy atom. The van der Waals surface area contributed by atoms with Gasteiger partial charge in [-0.2, -0.15) is 10.2 Å². The standard InChI is InChI=1S/C20H23ClN6S/c1-6-13(7-2)14-8-11(3)25-27-17(12(4)24-20(14)27)18-16(21)15(9-28-18)19-22-10-23-26(19)5/h8-10,13H,6-7H2,1-5H3. The van der Waals surface area contributed by atoms with Gasteiger partial charge in [-0.25, -0.2) is 19.2 Å². The molecule has 0 amide bonds. The lowest BCUT2D eigenvalue weighted by Gasteiger charge is -2.14. The van der Waals surface area contributed by atoms with Crippen molar-refractivity contribution in [3.8, 4) is 22.0 Å². The van der Waals surface area contributed by atoms with Crippen molar-refractivity contribution in [2.75, 3.05) is 0 Å². The van der Waals surface area contributed by atoms with Crippen LogP contribution in [0.25, 0.3) is 27.6 Å². The molecule has 146 valence electrons. The first-order valence-corrected chi connectivity index (χ1v) is 10.7. The van der Waals surface area contributed by atoms with Gasteiger partial charge in [0.25, 0.3) is 0 Å². The number of aryl methyl sites for hydroxylation is 3. The maximum absolute atomic E-state index is 6.81. The van der Waals surface area contributed by atoms with Gasteiger partial charge in [-0.05, 0) is 38.7 Å². The maximum Gasteiger partial charge on any atom is 0.160 e. The van der Waals surface area contributed by atoms with Crippen LogP contribution in [0.4, 0.5) is 0 Å². The highest BCUT2D eigenvalue weighted by Crippen LogP contribution is 2.43. The summed E-state index contributed by atoms with van der Waals surface area (Å²) in [6.07, 6.45) is 3.69. The van der Waals surface area contributed by atoms with Gasteiger partial charge in [0, 0.05) is 23.6 Å². The van der Waals surface area contributed by atoms with Crippen LogP contribution in [0.3, 0.4) is 0 Å². The molecule has 0 N–H and O–H groups in total. The van der Waals surface area contributed by atoms with E-state index in [1.165, 1.54) is 11.9 Å². The van der Waals surface area contributed by atoms with Crippen molar-refractivity contribution < 1.29 is 0 Å². The highest BCUT2D eigenvalue weighted by molar-refractivity contribution is 7.14. The van der Waals surface area contributed by atoms with Crippen molar-refractivity contribution in [2.45, 2.75) is 46.5 Å². The second kappa shape index (κ2) is 7.29. The number of hydrogen-bond donors (Lipinski definition) is 0. The van der Waals surface area contributed by atoms with E-state index >= 15 is 0 Å². The van der Waals surface area contributed by atoms with Crippen LogP contribution in [0.5, 0.6) is 0 Å². The van der Waals surface area contributed by atoms with Crippen LogP contribution in [-0.4, -0.2) is 29.4 Å². The first-order chi connectivity index (χ1) is 13.5. The summed E-state index contributed by atoms with van der Waals surface area (Å²) in [7, 11) is 1.86. The lowest BCUT2D eigenvalue weighted by Crippen LogP contribution is -2.05. The Labute approximate surface area is 173 Å². The van der Waals surface area contributed by atoms with Crippen molar-refractivity contribution in [1.82, 2.24) is 29.4 Å². The number of nitrogens with zero attached hydrogens (tertiary/aromatic N) is 6. The van der Waals surface area contributed by atoms with Gasteiger partial charge in [0.2, 0.25) is 0 Å². The normalized spacial score (nSPS) is 11.8. The Morgan fingerprint density at radius 3 is 2.61 bits per heavy atom. The Hall–Kier alpha value is -2.25. The third-order valence-electron chi connectivity index (χ3n) is 5.23. The SMILES string of the molecule is CCC(CC)c1cc(C)nn2c(-c3scc(-c4ncnn4C)c3Cl)c(C)nc12. The minimum absolute atomic E-state index is 0.465.